The molecule has 0 aliphatic rings. The summed E-state index contributed by atoms with van der Waals surface area (Å²) in [5, 5.41) is 20.1. The lowest BCUT2D eigenvalue weighted by atomic mass is 10.1. The molecule has 1 aromatic carbocycles. The summed E-state index contributed by atoms with van der Waals surface area (Å²) < 4.78 is 5.31. The first kappa shape index (κ1) is 15.5. The Morgan fingerprint density at radius 1 is 1.37 bits per heavy atom. The van der Waals surface area contributed by atoms with Crippen molar-refractivity contribution in [2.75, 3.05) is 19.8 Å². The number of aliphatic hydroxyl groups is 2. The largest absolute Gasteiger partial charge is 0.484 e. The fourth-order valence-corrected chi connectivity index (χ4v) is 1.54. The quantitative estimate of drug-likeness (QED) is 0.640. The molecule has 1 aromatic rings. The number of amides is 1. The minimum atomic E-state index is -0.933. The summed E-state index contributed by atoms with van der Waals surface area (Å²) in [6, 6.07) is 7.63. The van der Waals surface area contributed by atoms with Gasteiger partial charge in [0, 0.05) is 6.54 Å². The van der Waals surface area contributed by atoms with Gasteiger partial charge < -0.3 is 20.3 Å². The van der Waals surface area contributed by atoms with E-state index in [1.807, 2.05) is 24.3 Å². The van der Waals surface area contributed by atoms with E-state index in [2.05, 4.69) is 12.2 Å². The second-order valence-corrected chi connectivity index (χ2v) is 4.32. The summed E-state index contributed by atoms with van der Waals surface area (Å²) in [5.74, 6) is 0.308. The molecule has 19 heavy (non-hydrogen) atoms. The number of ether oxygens (including phenoxy) is 1. The van der Waals surface area contributed by atoms with Crippen LogP contribution in [-0.2, 0) is 11.2 Å². The zero-order valence-electron chi connectivity index (χ0n) is 11.1. The van der Waals surface area contributed by atoms with Gasteiger partial charge in [0.05, 0.1) is 12.7 Å². The monoisotopic (exact) mass is 267 g/mol. The summed E-state index contributed by atoms with van der Waals surface area (Å²) in [6.07, 6.45) is 1.19. The molecule has 0 heterocycles. The minimum Gasteiger partial charge on any atom is -0.484 e. The van der Waals surface area contributed by atoms with Crippen LogP contribution in [0, 0.1) is 0 Å². The molecule has 3 N–H and O–H groups in total. The Labute approximate surface area is 113 Å². The summed E-state index contributed by atoms with van der Waals surface area (Å²) in [5.41, 5.74) is 1.24. The molecule has 1 rings (SSSR count). The normalized spacial score (nSPS) is 11.9. The van der Waals surface area contributed by atoms with Gasteiger partial charge >= 0.3 is 0 Å². The summed E-state index contributed by atoms with van der Waals surface area (Å²) in [4.78, 5) is 11.4. The molecule has 0 bridgehead atoms. The van der Waals surface area contributed by atoms with Crippen molar-refractivity contribution in [1.82, 2.24) is 5.32 Å². The Morgan fingerprint density at radius 2 is 2.05 bits per heavy atom. The number of nitrogens with one attached hydrogen (secondary N) is 1. The Bertz CT molecular complexity index is 378. The number of rotatable bonds is 8. The molecule has 0 spiro atoms. The van der Waals surface area contributed by atoms with Crippen LogP contribution in [0.5, 0.6) is 5.75 Å². The number of benzene rings is 1. The first-order valence-corrected chi connectivity index (χ1v) is 6.43. The van der Waals surface area contributed by atoms with Gasteiger partial charge in [-0.05, 0) is 24.1 Å². The maximum Gasteiger partial charge on any atom is 0.258 e. The number of hydrogen-bond acceptors (Lipinski definition) is 4. The highest BCUT2D eigenvalue weighted by atomic mass is 16.5. The molecule has 0 aliphatic carbocycles. The number of carbonyl (C=O) groups is 1. The lowest BCUT2D eigenvalue weighted by molar-refractivity contribution is -0.123. The van der Waals surface area contributed by atoms with Crippen molar-refractivity contribution in [1.29, 1.82) is 0 Å². The lowest BCUT2D eigenvalue weighted by Crippen LogP contribution is -2.36. The van der Waals surface area contributed by atoms with Crippen LogP contribution in [0.25, 0.3) is 0 Å². The molecule has 0 aromatic heterocycles. The van der Waals surface area contributed by atoms with Gasteiger partial charge in [0.25, 0.3) is 5.91 Å². The third kappa shape index (κ3) is 6.22. The van der Waals surface area contributed by atoms with Crippen LogP contribution in [0.15, 0.2) is 24.3 Å². The smallest absolute Gasteiger partial charge is 0.258 e. The number of aliphatic hydroxyl groups excluding tert-OH is 2. The second-order valence-electron chi connectivity index (χ2n) is 4.32. The van der Waals surface area contributed by atoms with Crippen molar-refractivity contribution >= 4 is 5.91 Å². The van der Waals surface area contributed by atoms with Crippen LogP contribution in [0.4, 0.5) is 0 Å². The van der Waals surface area contributed by atoms with Gasteiger partial charge in [0.15, 0.2) is 6.61 Å². The predicted octanol–water partition coefficient (Wildman–Crippen LogP) is 0.487. The van der Waals surface area contributed by atoms with Crippen LogP contribution < -0.4 is 10.1 Å². The van der Waals surface area contributed by atoms with Crippen LogP contribution in [0.2, 0.25) is 0 Å². The molecule has 0 radical (unpaired) electrons. The van der Waals surface area contributed by atoms with Gasteiger partial charge in [-0.15, -0.1) is 0 Å². The Kier molecular flexibility index (Phi) is 6.92. The Hall–Kier alpha value is -1.59. The standard InChI is InChI=1S/C14H21NO4/c1-2-3-11-4-6-13(7-5-11)19-10-14(18)15-8-12(17)9-16/h4-7,12,16-17H,2-3,8-10H2,1H3,(H,15,18). The molecule has 5 nitrogen and oxygen atoms in total. The topological polar surface area (TPSA) is 78.8 Å². The number of carbonyl (C=O) groups excluding carboxylic acids is 1. The molecule has 0 saturated heterocycles. The molecule has 5 heteroatoms. The summed E-state index contributed by atoms with van der Waals surface area (Å²) in [7, 11) is 0. The molecular weight excluding hydrogens is 246 g/mol. The zero-order chi connectivity index (χ0) is 14.1. The fraction of sp³-hybridized carbons (Fsp3) is 0.500. The van der Waals surface area contributed by atoms with E-state index in [1.165, 1.54) is 5.56 Å². The van der Waals surface area contributed by atoms with E-state index in [9.17, 15) is 4.79 Å². The van der Waals surface area contributed by atoms with Crippen molar-refractivity contribution in [3.63, 3.8) is 0 Å². The van der Waals surface area contributed by atoms with Crippen LogP contribution in [0.1, 0.15) is 18.9 Å². The average molecular weight is 267 g/mol. The van der Waals surface area contributed by atoms with Crippen molar-refractivity contribution in [3.05, 3.63) is 29.8 Å². The molecule has 0 aliphatic heterocycles. The van der Waals surface area contributed by atoms with Gasteiger partial charge in [0.2, 0.25) is 0 Å². The maximum atomic E-state index is 11.4. The van der Waals surface area contributed by atoms with E-state index in [-0.39, 0.29) is 25.7 Å². The van der Waals surface area contributed by atoms with Crippen molar-refractivity contribution in [3.8, 4) is 5.75 Å². The van der Waals surface area contributed by atoms with E-state index in [0.29, 0.717) is 5.75 Å². The van der Waals surface area contributed by atoms with E-state index in [1.54, 1.807) is 0 Å². The fourth-order valence-electron chi connectivity index (χ4n) is 1.54. The van der Waals surface area contributed by atoms with Gasteiger partial charge in [-0.1, -0.05) is 25.5 Å². The van der Waals surface area contributed by atoms with Crippen molar-refractivity contribution < 1.29 is 19.7 Å². The third-order valence-corrected chi connectivity index (χ3v) is 2.58. The molecular formula is C14H21NO4. The van der Waals surface area contributed by atoms with Gasteiger partial charge in [-0.3, -0.25) is 4.79 Å². The first-order valence-electron chi connectivity index (χ1n) is 6.43. The van der Waals surface area contributed by atoms with Crippen LogP contribution >= 0.6 is 0 Å². The molecule has 1 unspecified atom stereocenters. The van der Waals surface area contributed by atoms with Gasteiger partial charge in [-0.2, -0.15) is 0 Å². The SMILES string of the molecule is CCCc1ccc(OCC(=O)NCC(O)CO)cc1. The summed E-state index contributed by atoms with van der Waals surface area (Å²) >= 11 is 0. The minimum absolute atomic E-state index is 0.0220. The lowest BCUT2D eigenvalue weighted by Gasteiger charge is -2.10. The average Bonchev–Trinajstić information content (AvgIpc) is 2.44. The Balaban J connectivity index is 2.29. The second kappa shape index (κ2) is 8.50. The first-order chi connectivity index (χ1) is 9.15. The van der Waals surface area contributed by atoms with E-state index < -0.39 is 6.10 Å². The zero-order valence-corrected chi connectivity index (χ0v) is 11.1. The molecule has 106 valence electrons. The van der Waals surface area contributed by atoms with Gasteiger partial charge in [-0.25, -0.2) is 0 Å². The highest BCUT2D eigenvalue weighted by Crippen LogP contribution is 2.13. The molecule has 1 amide bonds. The highest BCUT2D eigenvalue weighted by molar-refractivity contribution is 5.77. The van der Waals surface area contributed by atoms with Crippen LogP contribution in [0.3, 0.4) is 0 Å². The van der Waals surface area contributed by atoms with E-state index in [4.69, 9.17) is 14.9 Å². The number of aryl methyl sites for hydroxylation is 1. The molecule has 0 saturated carbocycles. The molecule has 1 atom stereocenters. The number of hydrogen-bond donors (Lipinski definition) is 3. The van der Waals surface area contributed by atoms with Gasteiger partial charge in [0.1, 0.15) is 5.75 Å². The van der Waals surface area contributed by atoms with Crippen LogP contribution in [-0.4, -0.2) is 42.0 Å². The van der Waals surface area contributed by atoms with E-state index in [0.717, 1.165) is 12.8 Å². The van der Waals surface area contributed by atoms with Crippen molar-refractivity contribution in [2.24, 2.45) is 0 Å². The maximum absolute atomic E-state index is 11.4. The predicted molar refractivity (Wildman–Crippen MR) is 72.0 cm³/mol. The van der Waals surface area contributed by atoms with Crippen molar-refractivity contribution in [2.45, 2.75) is 25.9 Å². The highest BCUT2D eigenvalue weighted by Gasteiger charge is 2.06. The Morgan fingerprint density at radius 3 is 2.63 bits per heavy atom. The molecule has 0 fully saturated rings. The summed E-state index contributed by atoms with van der Waals surface area (Å²) in [6.45, 7) is 1.66. The third-order valence-electron chi connectivity index (χ3n) is 2.58. The van der Waals surface area contributed by atoms with E-state index >= 15 is 0 Å².